The number of nitriles is 1. The number of aromatic nitrogens is 2. The van der Waals surface area contributed by atoms with Crippen molar-refractivity contribution in [2.45, 2.75) is 4.90 Å². The minimum Gasteiger partial charge on any atom is -0.480 e. The maximum absolute atomic E-state index is 12.3. The summed E-state index contributed by atoms with van der Waals surface area (Å²) in [5.74, 6) is -0.495. The number of anilines is 2. The second-order valence-corrected chi connectivity index (χ2v) is 8.36. The zero-order valence-corrected chi connectivity index (χ0v) is 20.5. The van der Waals surface area contributed by atoms with E-state index in [2.05, 4.69) is 28.7 Å². The van der Waals surface area contributed by atoms with E-state index in [9.17, 15) is 14.0 Å². The summed E-state index contributed by atoms with van der Waals surface area (Å²) in [6, 6.07) is 22.5. The number of pyridine rings is 2. The highest BCUT2D eigenvalue weighted by atomic mass is 32.1. The summed E-state index contributed by atoms with van der Waals surface area (Å²) in [6.45, 7) is 0. The van der Waals surface area contributed by atoms with Gasteiger partial charge in [-0.15, -0.1) is 12.6 Å². The second kappa shape index (κ2) is 10.9. The van der Waals surface area contributed by atoms with Crippen molar-refractivity contribution in [2.24, 2.45) is 0 Å². The Balaban J connectivity index is 0.000000301. The van der Waals surface area contributed by atoms with Crippen molar-refractivity contribution in [3.8, 4) is 34.2 Å². The van der Waals surface area contributed by atoms with Crippen molar-refractivity contribution in [2.75, 3.05) is 18.6 Å². The highest BCUT2D eigenvalue weighted by Gasteiger charge is 2.16. The van der Waals surface area contributed by atoms with Gasteiger partial charge in [0.15, 0.2) is 0 Å². The van der Waals surface area contributed by atoms with E-state index in [1.165, 1.54) is 13.2 Å². The van der Waals surface area contributed by atoms with Crippen LogP contribution in [0.2, 0.25) is 0 Å². The monoisotopic (exact) mass is 513 g/mol. The number of nitrogens with two attached hydrogens (primary N) is 2. The molecule has 6 nitrogen and oxygen atoms in total. The fraction of sp³-hybridized carbons (Fsp3) is 0.0357. The van der Waals surface area contributed by atoms with Gasteiger partial charge in [-0.1, -0.05) is 36.4 Å². The average molecular weight is 514 g/mol. The van der Waals surface area contributed by atoms with Gasteiger partial charge in [0.1, 0.15) is 23.5 Å². The molecule has 184 valence electrons. The van der Waals surface area contributed by atoms with Gasteiger partial charge in [-0.05, 0) is 41.5 Å². The normalized spacial score (nSPS) is 10.4. The molecule has 0 aliphatic rings. The molecule has 0 aliphatic heterocycles. The molecule has 5 aromatic rings. The largest absolute Gasteiger partial charge is 0.480 e. The molecule has 9 heteroatoms. The van der Waals surface area contributed by atoms with Crippen LogP contribution in [0.5, 0.6) is 5.88 Å². The molecule has 37 heavy (non-hydrogen) atoms. The molecule has 0 atom stereocenters. The standard InChI is InChI=1S/C22H17N5O.C6H4F2S/c1-28-22-18(24)10-15(12-26-22)14-7-8-19-16(9-14)17(11-23)20(21(25)27-19)13-5-3-2-4-6-13;7-4-1-2-6(9)5(8)3-4/h2-10,12H,24H2,1H3,(H2,25,27);1-3,9H. The quantitative estimate of drug-likeness (QED) is 0.246. The first kappa shape index (κ1) is 25.4. The SMILES string of the molecule is COc1ncc(-c2ccc3nc(N)c(-c4ccccc4)c(C#N)c3c2)cc1N.Fc1ccc(S)c(F)c1. The molecular formula is C28H21F2N5OS. The Morgan fingerprint density at radius 2 is 1.68 bits per heavy atom. The van der Waals surface area contributed by atoms with Crippen LogP contribution < -0.4 is 16.2 Å². The smallest absolute Gasteiger partial charge is 0.236 e. The van der Waals surface area contributed by atoms with E-state index in [1.807, 2.05) is 48.5 Å². The van der Waals surface area contributed by atoms with Gasteiger partial charge in [-0.3, -0.25) is 0 Å². The lowest BCUT2D eigenvalue weighted by molar-refractivity contribution is 0.400. The molecule has 0 saturated carbocycles. The van der Waals surface area contributed by atoms with E-state index in [-0.39, 0.29) is 4.90 Å². The van der Waals surface area contributed by atoms with Crippen LogP contribution in [0.4, 0.5) is 20.3 Å². The molecule has 0 radical (unpaired) electrons. The molecule has 0 amide bonds. The highest BCUT2D eigenvalue weighted by molar-refractivity contribution is 7.80. The van der Waals surface area contributed by atoms with Crippen LogP contribution in [0, 0.1) is 23.0 Å². The number of thiol groups is 1. The summed E-state index contributed by atoms with van der Waals surface area (Å²) in [4.78, 5) is 8.90. The van der Waals surface area contributed by atoms with Crippen molar-refractivity contribution in [1.82, 2.24) is 9.97 Å². The van der Waals surface area contributed by atoms with Crippen LogP contribution in [0.1, 0.15) is 5.56 Å². The Hall–Kier alpha value is -4.68. The van der Waals surface area contributed by atoms with E-state index in [4.69, 9.17) is 16.2 Å². The zero-order valence-electron chi connectivity index (χ0n) is 19.6. The Morgan fingerprint density at radius 3 is 2.30 bits per heavy atom. The van der Waals surface area contributed by atoms with Crippen LogP contribution in [-0.2, 0) is 0 Å². The molecule has 2 aromatic heterocycles. The molecule has 0 unspecified atom stereocenters. The minimum absolute atomic E-state index is 0.163. The van der Waals surface area contributed by atoms with E-state index in [0.717, 1.165) is 34.2 Å². The van der Waals surface area contributed by atoms with E-state index in [0.29, 0.717) is 34.0 Å². The lowest BCUT2D eigenvalue weighted by Gasteiger charge is -2.12. The highest BCUT2D eigenvalue weighted by Crippen LogP contribution is 2.35. The fourth-order valence-corrected chi connectivity index (χ4v) is 3.89. The molecule has 0 spiro atoms. The Labute approximate surface area is 217 Å². The van der Waals surface area contributed by atoms with Gasteiger partial charge in [-0.25, -0.2) is 18.7 Å². The molecule has 0 bridgehead atoms. The Bertz CT molecular complexity index is 1640. The lowest BCUT2D eigenvalue weighted by Crippen LogP contribution is -1.99. The number of halogens is 2. The predicted molar refractivity (Wildman–Crippen MR) is 144 cm³/mol. The summed E-state index contributed by atoms with van der Waals surface area (Å²) in [7, 11) is 1.52. The number of benzene rings is 3. The Morgan fingerprint density at radius 1 is 0.919 bits per heavy atom. The molecule has 0 fully saturated rings. The molecule has 5 rings (SSSR count). The molecule has 4 N–H and O–H groups in total. The van der Waals surface area contributed by atoms with Crippen molar-refractivity contribution < 1.29 is 13.5 Å². The van der Waals surface area contributed by atoms with Gasteiger partial charge in [0.05, 0.1) is 23.9 Å². The molecular weight excluding hydrogens is 492 g/mol. The Kier molecular flexibility index (Phi) is 7.51. The van der Waals surface area contributed by atoms with Crippen LogP contribution in [-0.4, -0.2) is 17.1 Å². The minimum atomic E-state index is -0.627. The summed E-state index contributed by atoms with van der Waals surface area (Å²) in [6.07, 6.45) is 1.69. The molecule has 0 aliphatic carbocycles. The zero-order chi connectivity index (χ0) is 26.5. The molecule has 2 heterocycles. The maximum Gasteiger partial charge on any atom is 0.236 e. The number of hydrogen-bond acceptors (Lipinski definition) is 7. The van der Waals surface area contributed by atoms with E-state index < -0.39 is 11.6 Å². The predicted octanol–water partition coefficient (Wildman–Crippen LogP) is 6.26. The summed E-state index contributed by atoms with van der Waals surface area (Å²) in [5, 5.41) is 10.6. The summed E-state index contributed by atoms with van der Waals surface area (Å²) < 4.78 is 29.5. The fourth-order valence-electron chi connectivity index (χ4n) is 3.75. The number of hydrogen-bond donors (Lipinski definition) is 3. The molecule has 0 saturated heterocycles. The number of nitrogen functional groups attached to an aromatic ring is 2. The number of rotatable bonds is 3. The molecule has 3 aromatic carbocycles. The third kappa shape index (κ3) is 5.44. The van der Waals surface area contributed by atoms with Crippen molar-refractivity contribution >= 4 is 35.0 Å². The van der Waals surface area contributed by atoms with E-state index in [1.54, 1.807) is 12.3 Å². The van der Waals surface area contributed by atoms with Gasteiger partial charge < -0.3 is 16.2 Å². The van der Waals surface area contributed by atoms with Gasteiger partial charge >= 0.3 is 0 Å². The number of methoxy groups -OCH3 is 1. The third-order valence-electron chi connectivity index (χ3n) is 5.50. The summed E-state index contributed by atoms with van der Waals surface area (Å²) in [5.41, 5.74) is 17.0. The number of fused-ring (bicyclic) bond motifs is 1. The second-order valence-electron chi connectivity index (χ2n) is 7.88. The summed E-state index contributed by atoms with van der Waals surface area (Å²) >= 11 is 3.70. The van der Waals surface area contributed by atoms with E-state index >= 15 is 0 Å². The van der Waals surface area contributed by atoms with Gasteiger partial charge in [-0.2, -0.15) is 5.26 Å². The van der Waals surface area contributed by atoms with Crippen molar-refractivity contribution in [3.05, 3.63) is 96.2 Å². The van der Waals surface area contributed by atoms with Crippen LogP contribution >= 0.6 is 12.6 Å². The number of ether oxygens (including phenoxy) is 1. The third-order valence-corrected chi connectivity index (χ3v) is 5.87. The average Bonchev–Trinajstić information content (AvgIpc) is 2.90. The van der Waals surface area contributed by atoms with Crippen molar-refractivity contribution in [1.29, 1.82) is 5.26 Å². The van der Waals surface area contributed by atoms with Crippen LogP contribution in [0.3, 0.4) is 0 Å². The van der Waals surface area contributed by atoms with Gasteiger partial charge in [0, 0.05) is 33.7 Å². The number of nitrogens with zero attached hydrogens (tertiary/aromatic N) is 3. The first-order valence-electron chi connectivity index (χ1n) is 10.9. The topological polar surface area (TPSA) is 111 Å². The van der Waals surface area contributed by atoms with Gasteiger partial charge in [0.25, 0.3) is 0 Å². The first-order chi connectivity index (χ1) is 17.8. The van der Waals surface area contributed by atoms with Gasteiger partial charge in [0.2, 0.25) is 5.88 Å². The maximum atomic E-state index is 12.3. The van der Waals surface area contributed by atoms with Crippen molar-refractivity contribution in [3.63, 3.8) is 0 Å². The van der Waals surface area contributed by atoms with Crippen LogP contribution in [0.25, 0.3) is 33.2 Å². The van der Waals surface area contributed by atoms with Crippen LogP contribution in [0.15, 0.2) is 83.9 Å². The lowest BCUT2D eigenvalue weighted by atomic mass is 9.95. The first-order valence-corrected chi connectivity index (χ1v) is 11.4.